The van der Waals surface area contributed by atoms with Gasteiger partial charge in [0, 0.05) is 16.7 Å². The molecule has 0 unspecified atom stereocenters. The van der Waals surface area contributed by atoms with E-state index < -0.39 is 5.97 Å². The Bertz CT molecular complexity index is 863. The van der Waals surface area contributed by atoms with Crippen molar-refractivity contribution in [2.45, 2.75) is 20.8 Å². The summed E-state index contributed by atoms with van der Waals surface area (Å²) in [6.07, 6.45) is 0. The fourth-order valence-electron chi connectivity index (χ4n) is 1.79. The molecule has 0 amide bonds. The molecule has 0 spiro atoms. The summed E-state index contributed by atoms with van der Waals surface area (Å²) in [5.41, 5.74) is 1.93. The van der Waals surface area contributed by atoms with E-state index in [1.54, 1.807) is 69.3 Å². The lowest BCUT2D eigenvalue weighted by Crippen LogP contribution is -2.14. The van der Waals surface area contributed by atoms with Gasteiger partial charge in [0.1, 0.15) is 11.5 Å². The van der Waals surface area contributed by atoms with E-state index in [0.717, 1.165) is 11.1 Å². The van der Waals surface area contributed by atoms with Crippen LogP contribution in [0.4, 0.5) is 0 Å². The largest absolute Gasteiger partial charge is 0.426 e. The monoisotopic (exact) mass is 348 g/mol. The maximum Gasteiger partial charge on any atom is 0.338 e. The molecule has 0 heterocycles. The number of esters is 2. The van der Waals surface area contributed by atoms with E-state index in [2.05, 4.69) is 18.4 Å². The van der Waals surface area contributed by atoms with Gasteiger partial charge in [0.15, 0.2) is 0 Å². The Kier molecular flexibility index (Phi) is 6.35. The highest BCUT2D eigenvalue weighted by atomic mass is 16.5. The Labute approximate surface area is 153 Å². The zero-order valence-corrected chi connectivity index (χ0v) is 15.0. The van der Waals surface area contributed by atoms with Crippen LogP contribution in [0, 0.1) is 17.8 Å². The first-order valence-electron chi connectivity index (χ1n) is 8.16. The van der Waals surface area contributed by atoms with Crippen LogP contribution in [0.2, 0.25) is 0 Å². The van der Waals surface area contributed by atoms with Gasteiger partial charge in [0.2, 0.25) is 0 Å². The summed E-state index contributed by atoms with van der Waals surface area (Å²) < 4.78 is 10.3. The van der Waals surface area contributed by atoms with E-state index in [1.165, 1.54) is 0 Å². The second-order valence-corrected chi connectivity index (χ2v) is 6.04. The van der Waals surface area contributed by atoms with E-state index in [9.17, 15) is 9.59 Å². The van der Waals surface area contributed by atoms with Gasteiger partial charge in [-0.1, -0.05) is 32.3 Å². The third-order valence-electron chi connectivity index (χ3n) is 3.31. The van der Waals surface area contributed by atoms with Gasteiger partial charge in [-0.25, -0.2) is 4.79 Å². The van der Waals surface area contributed by atoms with Crippen LogP contribution in [-0.4, -0.2) is 11.9 Å². The summed E-state index contributed by atoms with van der Waals surface area (Å²) in [6.45, 7) is 8.70. The minimum absolute atomic E-state index is 0.174. The van der Waals surface area contributed by atoms with Gasteiger partial charge in [-0.05, 0) is 55.5 Å². The van der Waals surface area contributed by atoms with Gasteiger partial charge in [0.05, 0.1) is 5.92 Å². The standard InChI is InChI=1S/C22H20O4/c1-15(2)21(23)25-19-11-7-17(8-12-19)5-6-18-9-13-20(14-10-18)26-22(24)16(3)4/h7-14,16H,1H2,2-4H3. The maximum atomic E-state index is 11.6. The van der Waals surface area contributed by atoms with E-state index in [1.807, 2.05) is 0 Å². The molecule has 0 atom stereocenters. The SMILES string of the molecule is C=C(C)C(=O)Oc1ccc(C#Cc2ccc(OC(=O)C(C)C)cc2)cc1. The van der Waals surface area contributed by atoms with Crippen molar-refractivity contribution < 1.29 is 19.1 Å². The second kappa shape index (κ2) is 8.68. The highest BCUT2D eigenvalue weighted by molar-refractivity contribution is 5.88. The highest BCUT2D eigenvalue weighted by Crippen LogP contribution is 2.15. The van der Waals surface area contributed by atoms with Crippen molar-refractivity contribution in [3.05, 3.63) is 71.8 Å². The van der Waals surface area contributed by atoms with Crippen LogP contribution < -0.4 is 9.47 Å². The van der Waals surface area contributed by atoms with Crippen molar-refractivity contribution in [1.82, 2.24) is 0 Å². The maximum absolute atomic E-state index is 11.6. The Hall–Kier alpha value is -3.32. The van der Waals surface area contributed by atoms with Gasteiger partial charge in [0.25, 0.3) is 0 Å². The summed E-state index contributed by atoms with van der Waals surface area (Å²) >= 11 is 0. The molecule has 2 rings (SSSR count). The molecule has 0 fully saturated rings. The summed E-state index contributed by atoms with van der Waals surface area (Å²) in [5.74, 6) is 6.10. The smallest absolute Gasteiger partial charge is 0.338 e. The number of benzene rings is 2. The molecule has 2 aromatic carbocycles. The lowest BCUT2D eigenvalue weighted by molar-refractivity contribution is -0.137. The summed E-state index contributed by atoms with van der Waals surface area (Å²) in [5, 5.41) is 0. The number of carbonyl (C=O) groups excluding carboxylic acids is 2. The average Bonchev–Trinajstić information content (AvgIpc) is 2.62. The van der Waals surface area contributed by atoms with Gasteiger partial charge in [-0.15, -0.1) is 0 Å². The van der Waals surface area contributed by atoms with E-state index in [-0.39, 0.29) is 11.9 Å². The molecule has 0 radical (unpaired) electrons. The molecular formula is C22H20O4. The topological polar surface area (TPSA) is 52.6 Å². The zero-order chi connectivity index (χ0) is 19.1. The first-order valence-corrected chi connectivity index (χ1v) is 8.16. The first kappa shape index (κ1) is 19.0. The van der Waals surface area contributed by atoms with Crippen molar-refractivity contribution in [3.8, 4) is 23.3 Å². The Morgan fingerprint density at radius 1 is 0.846 bits per heavy atom. The molecular weight excluding hydrogens is 328 g/mol. The molecule has 0 N–H and O–H groups in total. The van der Waals surface area contributed by atoms with Crippen molar-refractivity contribution in [2.75, 3.05) is 0 Å². The summed E-state index contributed by atoms with van der Waals surface area (Å²) in [6, 6.07) is 13.9. The third-order valence-corrected chi connectivity index (χ3v) is 3.31. The molecule has 0 saturated carbocycles. The number of ether oxygens (including phenoxy) is 2. The molecule has 0 aliphatic heterocycles. The number of carbonyl (C=O) groups is 2. The quantitative estimate of drug-likeness (QED) is 0.361. The second-order valence-electron chi connectivity index (χ2n) is 6.04. The predicted octanol–water partition coefficient (Wildman–Crippen LogP) is 4.13. The normalized spacial score (nSPS) is 9.85. The van der Waals surface area contributed by atoms with Crippen molar-refractivity contribution >= 4 is 11.9 Å². The lowest BCUT2D eigenvalue weighted by Gasteiger charge is -2.06. The molecule has 0 saturated heterocycles. The van der Waals surface area contributed by atoms with Crippen LogP contribution in [0.1, 0.15) is 31.9 Å². The van der Waals surface area contributed by atoms with Gasteiger partial charge < -0.3 is 9.47 Å². The number of hydrogen-bond acceptors (Lipinski definition) is 4. The van der Waals surface area contributed by atoms with Crippen LogP contribution in [-0.2, 0) is 9.59 Å². The average molecular weight is 348 g/mol. The van der Waals surface area contributed by atoms with Crippen LogP contribution in [0.15, 0.2) is 60.7 Å². The Morgan fingerprint density at radius 3 is 1.65 bits per heavy atom. The van der Waals surface area contributed by atoms with Crippen molar-refractivity contribution in [2.24, 2.45) is 5.92 Å². The van der Waals surface area contributed by atoms with Crippen LogP contribution >= 0.6 is 0 Å². The Balaban J connectivity index is 2.01. The third kappa shape index (κ3) is 5.64. The minimum Gasteiger partial charge on any atom is -0.426 e. The molecule has 26 heavy (non-hydrogen) atoms. The van der Waals surface area contributed by atoms with Crippen LogP contribution in [0.3, 0.4) is 0 Å². The zero-order valence-electron chi connectivity index (χ0n) is 15.0. The fraction of sp³-hybridized carbons (Fsp3) is 0.182. The number of rotatable bonds is 4. The molecule has 132 valence electrons. The predicted molar refractivity (Wildman–Crippen MR) is 99.8 cm³/mol. The lowest BCUT2D eigenvalue weighted by atomic mass is 10.1. The van der Waals surface area contributed by atoms with E-state index in [4.69, 9.17) is 9.47 Å². The van der Waals surface area contributed by atoms with Gasteiger partial charge in [-0.3, -0.25) is 4.79 Å². The summed E-state index contributed by atoms with van der Waals surface area (Å²) in [4.78, 5) is 23.0. The van der Waals surface area contributed by atoms with Crippen LogP contribution in [0.5, 0.6) is 11.5 Å². The Morgan fingerprint density at radius 2 is 1.27 bits per heavy atom. The van der Waals surface area contributed by atoms with Crippen molar-refractivity contribution in [1.29, 1.82) is 0 Å². The minimum atomic E-state index is -0.456. The molecule has 0 aromatic heterocycles. The highest BCUT2D eigenvalue weighted by Gasteiger charge is 2.09. The van der Waals surface area contributed by atoms with Gasteiger partial charge >= 0.3 is 11.9 Å². The van der Waals surface area contributed by atoms with E-state index in [0.29, 0.717) is 17.1 Å². The van der Waals surface area contributed by atoms with Gasteiger partial charge in [-0.2, -0.15) is 0 Å². The van der Waals surface area contributed by atoms with E-state index >= 15 is 0 Å². The molecule has 4 heteroatoms. The first-order chi connectivity index (χ1) is 12.3. The molecule has 2 aromatic rings. The molecule has 0 bridgehead atoms. The van der Waals surface area contributed by atoms with Crippen LogP contribution in [0.25, 0.3) is 0 Å². The molecule has 0 aliphatic rings. The summed E-state index contributed by atoms with van der Waals surface area (Å²) in [7, 11) is 0. The fourth-order valence-corrected chi connectivity index (χ4v) is 1.79. The molecule has 0 aliphatic carbocycles. The molecule has 4 nitrogen and oxygen atoms in total. The van der Waals surface area contributed by atoms with Crippen molar-refractivity contribution in [3.63, 3.8) is 0 Å². The number of hydrogen-bond donors (Lipinski definition) is 0.